The Bertz CT molecular complexity index is 1010. The van der Waals surface area contributed by atoms with Gasteiger partial charge in [0.05, 0.1) is 6.54 Å². The first-order valence-electron chi connectivity index (χ1n) is 9.78. The van der Waals surface area contributed by atoms with Crippen LogP contribution in [0.25, 0.3) is 5.57 Å². The van der Waals surface area contributed by atoms with E-state index >= 15 is 0 Å². The molecule has 1 aliphatic carbocycles. The van der Waals surface area contributed by atoms with Gasteiger partial charge >= 0.3 is 0 Å². The number of carbonyl (C=O) groups is 1. The maximum Gasteiger partial charge on any atom is 0.254 e. The molecule has 1 aliphatic rings. The van der Waals surface area contributed by atoms with E-state index in [1.54, 1.807) is 11.3 Å². The van der Waals surface area contributed by atoms with E-state index in [-0.39, 0.29) is 5.91 Å². The van der Waals surface area contributed by atoms with Gasteiger partial charge in [0, 0.05) is 17.0 Å². The first-order chi connectivity index (χ1) is 13.6. The van der Waals surface area contributed by atoms with Crippen LogP contribution in [0.4, 0.5) is 0 Å². The van der Waals surface area contributed by atoms with Gasteiger partial charge in [-0.15, -0.1) is 11.3 Å². The summed E-state index contributed by atoms with van der Waals surface area (Å²) >= 11 is 1.73. The van der Waals surface area contributed by atoms with Crippen molar-refractivity contribution in [2.24, 2.45) is 0 Å². The Morgan fingerprint density at radius 1 is 1.04 bits per heavy atom. The van der Waals surface area contributed by atoms with Crippen LogP contribution in [-0.4, -0.2) is 17.4 Å². The van der Waals surface area contributed by atoms with Gasteiger partial charge < -0.3 is 4.90 Å². The molecule has 0 saturated heterocycles. The van der Waals surface area contributed by atoms with Gasteiger partial charge in [-0.25, -0.2) is 0 Å². The number of hydrogen-bond donors (Lipinski definition) is 0. The third kappa shape index (κ3) is 3.95. The number of rotatable bonds is 6. The number of allylic oxidation sites excluding steroid dienone is 1. The van der Waals surface area contributed by atoms with Crippen molar-refractivity contribution in [1.82, 2.24) is 4.90 Å². The molecule has 4 rings (SSSR count). The monoisotopic (exact) mass is 387 g/mol. The summed E-state index contributed by atoms with van der Waals surface area (Å²) in [6, 6.07) is 18.6. The lowest BCUT2D eigenvalue weighted by Gasteiger charge is -2.23. The zero-order valence-electron chi connectivity index (χ0n) is 16.4. The van der Waals surface area contributed by atoms with E-state index in [1.807, 2.05) is 36.1 Å². The van der Waals surface area contributed by atoms with E-state index in [9.17, 15) is 4.79 Å². The smallest absolute Gasteiger partial charge is 0.254 e. The zero-order valence-corrected chi connectivity index (χ0v) is 17.3. The van der Waals surface area contributed by atoms with Crippen molar-refractivity contribution in [1.29, 1.82) is 0 Å². The second-order valence-corrected chi connectivity index (χ2v) is 8.46. The fourth-order valence-electron chi connectivity index (χ4n) is 3.72. The molecule has 1 heterocycles. The highest BCUT2D eigenvalue weighted by atomic mass is 32.1. The van der Waals surface area contributed by atoms with Crippen LogP contribution in [0.5, 0.6) is 0 Å². The van der Waals surface area contributed by atoms with E-state index in [2.05, 4.69) is 48.7 Å². The SMILES string of the molecule is Cc1ccc(C(=O)N(CCC2=CCc3ccccc32)Cc2sccc2C)cc1. The summed E-state index contributed by atoms with van der Waals surface area (Å²) in [5.41, 5.74) is 7.29. The van der Waals surface area contributed by atoms with Gasteiger partial charge in [0.25, 0.3) is 5.91 Å². The van der Waals surface area contributed by atoms with E-state index in [4.69, 9.17) is 0 Å². The third-order valence-corrected chi connectivity index (χ3v) is 6.48. The van der Waals surface area contributed by atoms with Crippen molar-refractivity contribution in [2.75, 3.05) is 6.54 Å². The lowest BCUT2D eigenvalue weighted by atomic mass is 10.0. The minimum absolute atomic E-state index is 0.111. The molecule has 1 aromatic heterocycles. The molecule has 2 aromatic carbocycles. The van der Waals surface area contributed by atoms with Crippen LogP contribution in [0.15, 0.2) is 66.1 Å². The predicted molar refractivity (Wildman–Crippen MR) is 118 cm³/mol. The van der Waals surface area contributed by atoms with E-state index in [0.29, 0.717) is 6.54 Å². The summed E-state index contributed by atoms with van der Waals surface area (Å²) in [7, 11) is 0. The fraction of sp³-hybridized carbons (Fsp3) is 0.240. The topological polar surface area (TPSA) is 20.3 Å². The van der Waals surface area contributed by atoms with Crippen molar-refractivity contribution < 1.29 is 4.79 Å². The van der Waals surface area contributed by atoms with Crippen LogP contribution < -0.4 is 0 Å². The number of benzene rings is 2. The standard InChI is InChI=1S/C25H25NOS/c1-18-7-9-22(10-8-18)25(27)26(17-24-19(2)14-16-28-24)15-13-21-12-11-20-5-3-4-6-23(20)21/h3-10,12,14,16H,11,13,15,17H2,1-2H3. The Morgan fingerprint density at radius 3 is 2.57 bits per heavy atom. The second-order valence-electron chi connectivity index (χ2n) is 7.46. The normalized spacial score (nSPS) is 12.6. The molecule has 0 bridgehead atoms. The Hall–Kier alpha value is -2.65. The molecule has 0 N–H and O–H groups in total. The molecule has 0 saturated carbocycles. The summed E-state index contributed by atoms with van der Waals surface area (Å²) < 4.78 is 0. The van der Waals surface area contributed by atoms with Gasteiger partial charge in [0.1, 0.15) is 0 Å². The lowest BCUT2D eigenvalue weighted by Crippen LogP contribution is -2.31. The quantitative estimate of drug-likeness (QED) is 0.505. The maximum absolute atomic E-state index is 13.3. The van der Waals surface area contributed by atoms with Gasteiger partial charge in [-0.05, 0) is 72.5 Å². The van der Waals surface area contributed by atoms with Crippen LogP contribution in [0.2, 0.25) is 0 Å². The maximum atomic E-state index is 13.3. The number of fused-ring (bicyclic) bond motifs is 1. The molecule has 0 spiro atoms. The minimum atomic E-state index is 0.111. The fourth-order valence-corrected chi connectivity index (χ4v) is 4.64. The molecule has 1 amide bonds. The number of thiophene rings is 1. The Kier molecular flexibility index (Phi) is 5.45. The van der Waals surface area contributed by atoms with Crippen LogP contribution in [0.3, 0.4) is 0 Å². The molecule has 0 unspecified atom stereocenters. The molecule has 0 atom stereocenters. The van der Waals surface area contributed by atoms with Crippen LogP contribution >= 0.6 is 11.3 Å². The number of nitrogens with zero attached hydrogens (tertiary/aromatic N) is 1. The summed E-state index contributed by atoms with van der Waals surface area (Å²) in [5.74, 6) is 0.111. The summed E-state index contributed by atoms with van der Waals surface area (Å²) in [6.45, 7) is 5.57. The Balaban J connectivity index is 1.54. The predicted octanol–water partition coefficient (Wildman–Crippen LogP) is 6.04. The number of carbonyl (C=O) groups excluding carboxylic acids is 1. The highest BCUT2D eigenvalue weighted by Gasteiger charge is 2.20. The summed E-state index contributed by atoms with van der Waals surface area (Å²) in [5, 5.41) is 2.11. The van der Waals surface area contributed by atoms with Crippen molar-refractivity contribution in [3.05, 3.63) is 98.7 Å². The van der Waals surface area contributed by atoms with Crippen molar-refractivity contribution in [3.8, 4) is 0 Å². The summed E-state index contributed by atoms with van der Waals surface area (Å²) in [6.07, 6.45) is 4.20. The molecular formula is C25H25NOS. The van der Waals surface area contributed by atoms with Crippen molar-refractivity contribution in [2.45, 2.75) is 33.2 Å². The van der Waals surface area contributed by atoms with E-state index in [1.165, 1.54) is 32.7 Å². The molecule has 0 fully saturated rings. The first-order valence-corrected chi connectivity index (χ1v) is 10.7. The molecule has 3 aromatic rings. The number of amides is 1. The molecule has 142 valence electrons. The van der Waals surface area contributed by atoms with Gasteiger partial charge in [0.15, 0.2) is 0 Å². The largest absolute Gasteiger partial charge is 0.333 e. The molecule has 3 heteroatoms. The van der Waals surface area contributed by atoms with Crippen molar-refractivity contribution >= 4 is 22.8 Å². The lowest BCUT2D eigenvalue weighted by molar-refractivity contribution is 0.0748. The number of hydrogen-bond acceptors (Lipinski definition) is 2. The third-order valence-electron chi connectivity index (χ3n) is 5.47. The molecule has 2 nitrogen and oxygen atoms in total. The van der Waals surface area contributed by atoms with Crippen LogP contribution in [0, 0.1) is 13.8 Å². The van der Waals surface area contributed by atoms with E-state index < -0.39 is 0 Å². The molecular weight excluding hydrogens is 362 g/mol. The highest BCUT2D eigenvalue weighted by Crippen LogP contribution is 2.30. The van der Waals surface area contributed by atoms with Crippen LogP contribution in [0.1, 0.15) is 43.9 Å². The highest BCUT2D eigenvalue weighted by molar-refractivity contribution is 7.10. The Morgan fingerprint density at radius 2 is 1.82 bits per heavy atom. The minimum Gasteiger partial charge on any atom is -0.333 e. The molecule has 0 aliphatic heterocycles. The summed E-state index contributed by atoms with van der Waals surface area (Å²) in [4.78, 5) is 16.5. The average molecular weight is 388 g/mol. The van der Waals surface area contributed by atoms with Crippen LogP contribution in [-0.2, 0) is 13.0 Å². The van der Waals surface area contributed by atoms with Crippen molar-refractivity contribution in [3.63, 3.8) is 0 Å². The molecule has 0 radical (unpaired) electrons. The molecule has 28 heavy (non-hydrogen) atoms. The average Bonchev–Trinajstić information content (AvgIpc) is 3.31. The second kappa shape index (κ2) is 8.15. The van der Waals surface area contributed by atoms with E-state index in [0.717, 1.165) is 24.9 Å². The first kappa shape index (κ1) is 18.7. The van der Waals surface area contributed by atoms with Gasteiger partial charge in [-0.3, -0.25) is 4.79 Å². The van der Waals surface area contributed by atoms with Gasteiger partial charge in [-0.1, -0.05) is 48.0 Å². The Labute approximate surface area is 171 Å². The van der Waals surface area contributed by atoms with Gasteiger partial charge in [-0.2, -0.15) is 0 Å². The zero-order chi connectivity index (χ0) is 19.5. The number of aryl methyl sites for hydroxylation is 2. The van der Waals surface area contributed by atoms with Gasteiger partial charge in [0.2, 0.25) is 0 Å².